The van der Waals surface area contributed by atoms with Crippen molar-refractivity contribution < 1.29 is 9.84 Å². The normalized spacial score (nSPS) is 43.8. The molecule has 2 saturated carbocycles. The molecule has 0 bridgehead atoms. The van der Waals surface area contributed by atoms with Gasteiger partial charge >= 0.3 is 0 Å². The summed E-state index contributed by atoms with van der Waals surface area (Å²) in [5.74, 6) is 0.536. The predicted molar refractivity (Wildman–Crippen MR) is 80.7 cm³/mol. The first kappa shape index (κ1) is 14.8. The number of hydrogen-bond acceptors (Lipinski definition) is 3. The Kier molecular flexibility index (Phi) is 5.00. The van der Waals surface area contributed by atoms with E-state index in [1.807, 2.05) is 7.11 Å². The second-order valence-electron chi connectivity index (χ2n) is 7.14. The number of methoxy groups -OCH3 is 1. The maximum atomic E-state index is 10.4. The molecule has 0 aromatic carbocycles. The molecule has 0 spiro atoms. The van der Waals surface area contributed by atoms with Crippen LogP contribution in [-0.4, -0.2) is 48.0 Å². The molecule has 3 rings (SSSR count). The van der Waals surface area contributed by atoms with E-state index in [1.54, 1.807) is 0 Å². The van der Waals surface area contributed by atoms with Crippen LogP contribution in [0.2, 0.25) is 0 Å². The lowest BCUT2D eigenvalue weighted by Gasteiger charge is -2.43. The van der Waals surface area contributed by atoms with Gasteiger partial charge in [0.15, 0.2) is 0 Å². The van der Waals surface area contributed by atoms with Gasteiger partial charge in [0.05, 0.1) is 12.2 Å². The maximum Gasteiger partial charge on any atom is 0.0586 e. The Morgan fingerprint density at radius 1 is 0.950 bits per heavy atom. The summed E-state index contributed by atoms with van der Waals surface area (Å²) in [6.07, 6.45) is 12.9. The third-order valence-corrected chi connectivity index (χ3v) is 6.02. The fourth-order valence-corrected chi connectivity index (χ4v) is 4.95. The van der Waals surface area contributed by atoms with Gasteiger partial charge < -0.3 is 9.84 Å². The molecule has 3 heteroatoms. The summed E-state index contributed by atoms with van der Waals surface area (Å²) >= 11 is 0. The van der Waals surface area contributed by atoms with Crippen molar-refractivity contribution in [2.24, 2.45) is 5.92 Å². The molecule has 5 atom stereocenters. The van der Waals surface area contributed by atoms with E-state index in [0.717, 1.165) is 6.42 Å². The zero-order valence-electron chi connectivity index (χ0n) is 13.0. The Morgan fingerprint density at radius 2 is 1.80 bits per heavy atom. The summed E-state index contributed by atoms with van der Waals surface area (Å²) in [5, 5.41) is 10.4. The van der Waals surface area contributed by atoms with E-state index >= 15 is 0 Å². The molecule has 0 radical (unpaired) electrons. The topological polar surface area (TPSA) is 32.7 Å². The van der Waals surface area contributed by atoms with Gasteiger partial charge in [0.25, 0.3) is 0 Å². The quantitative estimate of drug-likeness (QED) is 0.863. The summed E-state index contributed by atoms with van der Waals surface area (Å²) in [6, 6.07) is 1.35. The lowest BCUT2D eigenvalue weighted by Crippen LogP contribution is -2.49. The van der Waals surface area contributed by atoms with E-state index in [1.165, 1.54) is 64.3 Å². The summed E-state index contributed by atoms with van der Waals surface area (Å²) in [6.45, 7) is 1.25. The SMILES string of the molecule is COC1CCCC(N2CCCC2C2CCCCC2O)C1. The second-order valence-corrected chi connectivity index (χ2v) is 7.14. The van der Waals surface area contributed by atoms with Crippen molar-refractivity contribution >= 4 is 0 Å². The van der Waals surface area contributed by atoms with Crippen LogP contribution in [0.4, 0.5) is 0 Å². The van der Waals surface area contributed by atoms with Crippen LogP contribution < -0.4 is 0 Å². The summed E-state index contributed by atoms with van der Waals surface area (Å²) in [7, 11) is 1.86. The Bertz CT molecular complexity index is 309. The highest BCUT2D eigenvalue weighted by Gasteiger charge is 2.40. The zero-order chi connectivity index (χ0) is 13.9. The van der Waals surface area contributed by atoms with Gasteiger partial charge in [-0.25, -0.2) is 0 Å². The molecule has 5 unspecified atom stereocenters. The monoisotopic (exact) mass is 281 g/mol. The highest BCUT2D eigenvalue weighted by Crippen LogP contribution is 2.38. The van der Waals surface area contributed by atoms with Crippen molar-refractivity contribution in [2.45, 2.75) is 88.5 Å². The van der Waals surface area contributed by atoms with Gasteiger partial charge in [-0.1, -0.05) is 12.8 Å². The van der Waals surface area contributed by atoms with Gasteiger partial charge in [-0.2, -0.15) is 0 Å². The zero-order valence-corrected chi connectivity index (χ0v) is 13.0. The third kappa shape index (κ3) is 3.05. The molecule has 3 aliphatic rings. The number of aliphatic hydroxyl groups excluding tert-OH is 1. The average Bonchev–Trinajstić information content (AvgIpc) is 2.97. The molecule has 20 heavy (non-hydrogen) atoms. The van der Waals surface area contributed by atoms with Crippen molar-refractivity contribution in [1.82, 2.24) is 4.90 Å². The largest absolute Gasteiger partial charge is 0.393 e. The van der Waals surface area contributed by atoms with Crippen molar-refractivity contribution in [3.8, 4) is 0 Å². The van der Waals surface area contributed by atoms with Crippen LogP contribution >= 0.6 is 0 Å². The Labute approximate surface area is 123 Å². The molecule has 0 aromatic rings. The first-order valence-corrected chi connectivity index (χ1v) is 8.76. The van der Waals surface area contributed by atoms with E-state index in [9.17, 15) is 5.11 Å². The van der Waals surface area contributed by atoms with Crippen LogP contribution in [0.1, 0.15) is 64.2 Å². The molecule has 116 valence electrons. The maximum absolute atomic E-state index is 10.4. The smallest absolute Gasteiger partial charge is 0.0586 e. The summed E-state index contributed by atoms with van der Waals surface area (Å²) in [5.41, 5.74) is 0. The molecule has 1 aliphatic heterocycles. The van der Waals surface area contributed by atoms with Gasteiger partial charge in [0, 0.05) is 25.1 Å². The summed E-state index contributed by atoms with van der Waals surface area (Å²) < 4.78 is 5.61. The Balaban J connectivity index is 1.65. The van der Waals surface area contributed by atoms with Crippen molar-refractivity contribution in [2.75, 3.05) is 13.7 Å². The molecule has 3 nitrogen and oxygen atoms in total. The number of nitrogens with zero attached hydrogens (tertiary/aromatic N) is 1. The molecule has 2 aliphatic carbocycles. The molecule has 1 heterocycles. The highest BCUT2D eigenvalue weighted by atomic mass is 16.5. The lowest BCUT2D eigenvalue weighted by atomic mass is 9.79. The van der Waals surface area contributed by atoms with Crippen LogP contribution in [0, 0.1) is 5.92 Å². The van der Waals surface area contributed by atoms with E-state index in [2.05, 4.69) is 4.90 Å². The average molecular weight is 281 g/mol. The van der Waals surface area contributed by atoms with Crippen molar-refractivity contribution in [3.05, 3.63) is 0 Å². The number of hydrogen-bond donors (Lipinski definition) is 1. The van der Waals surface area contributed by atoms with E-state index in [0.29, 0.717) is 24.1 Å². The molecular formula is C17H31NO2. The van der Waals surface area contributed by atoms with Crippen LogP contribution in [0.5, 0.6) is 0 Å². The highest BCUT2D eigenvalue weighted by molar-refractivity contribution is 4.94. The molecule has 0 amide bonds. The van der Waals surface area contributed by atoms with Crippen LogP contribution in [0.15, 0.2) is 0 Å². The standard InChI is InChI=1S/C17H31NO2/c1-20-14-7-4-6-13(12-14)18-11-5-9-16(18)15-8-2-3-10-17(15)19/h13-17,19H,2-12H2,1H3. The minimum atomic E-state index is -0.0452. The fourth-order valence-electron chi connectivity index (χ4n) is 4.95. The van der Waals surface area contributed by atoms with Crippen molar-refractivity contribution in [1.29, 1.82) is 0 Å². The number of likely N-dealkylation sites (tertiary alicyclic amines) is 1. The van der Waals surface area contributed by atoms with Gasteiger partial charge in [0.1, 0.15) is 0 Å². The first-order chi connectivity index (χ1) is 9.79. The molecule has 1 N–H and O–H groups in total. The molecule has 3 fully saturated rings. The minimum absolute atomic E-state index is 0.0452. The summed E-state index contributed by atoms with van der Waals surface area (Å²) in [4.78, 5) is 2.75. The molecular weight excluding hydrogens is 250 g/mol. The van der Waals surface area contributed by atoms with Crippen LogP contribution in [0.25, 0.3) is 0 Å². The number of ether oxygens (including phenoxy) is 1. The predicted octanol–water partition coefficient (Wildman–Crippen LogP) is 2.96. The fraction of sp³-hybridized carbons (Fsp3) is 1.00. The second kappa shape index (κ2) is 6.76. The number of aliphatic hydroxyl groups is 1. The van der Waals surface area contributed by atoms with Crippen molar-refractivity contribution in [3.63, 3.8) is 0 Å². The number of rotatable bonds is 3. The molecule has 1 saturated heterocycles. The first-order valence-electron chi connectivity index (χ1n) is 8.76. The minimum Gasteiger partial charge on any atom is -0.393 e. The van der Waals surface area contributed by atoms with E-state index in [-0.39, 0.29) is 6.10 Å². The third-order valence-electron chi connectivity index (χ3n) is 6.02. The lowest BCUT2D eigenvalue weighted by molar-refractivity contribution is -0.0159. The van der Waals surface area contributed by atoms with Gasteiger partial charge in [0.2, 0.25) is 0 Å². The van der Waals surface area contributed by atoms with E-state index < -0.39 is 0 Å². The Hall–Kier alpha value is -0.120. The molecule has 0 aromatic heterocycles. The van der Waals surface area contributed by atoms with E-state index in [4.69, 9.17) is 4.74 Å². The van der Waals surface area contributed by atoms with Crippen LogP contribution in [0.3, 0.4) is 0 Å². The van der Waals surface area contributed by atoms with Crippen LogP contribution in [-0.2, 0) is 4.74 Å². The van der Waals surface area contributed by atoms with Gasteiger partial charge in [-0.05, 0) is 57.9 Å². The van der Waals surface area contributed by atoms with Gasteiger partial charge in [-0.3, -0.25) is 4.90 Å². The Morgan fingerprint density at radius 3 is 2.60 bits per heavy atom. The van der Waals surface area contributed by atoms with Gasteiger partial charge in [-0.15, -0.1) is 0 Å².